The zero-order valence-corrected chi connectivity index (χ0v) is 16.4. The van der Waals surface area contributed by atoms with Crippen LogP contribution < -0.4 is 10.3 Å². The molecule has 4 nitrogen and oxygen atoms in total. The summed E-state index contributed by atoms with van der Waals surface area (Å²) in [4.78, 5) is 15.7. The standard InChI is InChI=1S/C22H14F6N2O2/c1-13-4-3-5-15(10-13)18-11-17(21(23,24)25)19(29-2)20(31)30(18)12-14-6-8-16(9-7-14)32-22(26,27)28/h3-11H,12H2,1H3. The van der Waals surface area contributed by atoms with Crippen molar-refractivity contribution in [3.63, 3.8) is 0 Å². The van der Waals surface area contributed by atoms with Crippen LogP contribution in [0.2, 0.25) is 0 Å². The van der Waals surface area contributed by atoms with Gasteiger partial charge >= 0.3 is 12.5 Å². The number of hydrogen-bond acceptors (Lipinski definition) is 2. The van der Waals surface area contributed by atoms with Gasteiger partial charge in [0.25, 0.3) is 11.2 Å². The van der Waals surface area contributed by atoms with Crippen LogP contribution in [0.1, 0.15) is 16.7 Å². The van der Waals surface area contributed by atoms with Crippen LogP contribution in [0.4, 0.5) is 32.0 Å². The number of nitrogens with zero attached hydrogens (tertiary/aromatic N) is 2. The minimum Gasteiger partial charge on any atom is -0.406 e. The van der Waals surface area contributed by atoms with Crippen LogP contribution in [0.25, 0.3) is 16.1 Å². The van der Waals surface area contributed by atoms with Crippen LogP contribution in [0, 0.1) is 13.5 Å². The minimum absolute atomic E-state index is 0.0750. The molecule has 10 heteroatoms. The molecule has 0 saturated carbocycles. The van der Waals surface area contributed by atoms with Crippen LogP contribution >= 0.6 is 0 Å². The van der Waals surface area contributed by atoms with Crippen molar-refractivity contribution in [2.24, 2.45) is 0 Å². The maximum atomic E-state index is 13.5. The highest BCUT2D eigenvalue weighted by Gasteiger charge is 2.36. The molecule has 3 rings (SSSR count). The summed E-state index contributed by atoms with van der Waals surface area (Å²) in [6.45, 7) is 8.55. The average molecular weight is 452 g/mol. The first kappa shape index (κ1) is 22.9. The predicted molar refractivity (Wildman–Crippen MR) is 104 cm³/mol. The molecular formula is C22H14F6N2O2. The molecule has 0 amide bonds. The highest BCUT2D eigenvalue weighted by molar-refractivity contribution is 5.66. The molecule has 0 bridgehead atoms. The number of hydrogen-bond donors (Lipinski definition) is 0. The number of alkyl halides is 6. The maximum absolute atomic E-state index is 13.5. The number of halogens is 6. The number of aryl methyl sites for hydroxylation is 1. The van der Waals surface area contributed by atoms with Crippen molar-refractivity contribution in [3.8, 4) is 17.0 Å². The molecule has 0 radical (unpaired) electrons. The molecule has 32 heavy (non-hydrogen) atoms. The minimum atomic E-state index is -4.92. The molecule has 1 aromatic heterocycles. The summed E-state index contributed by atoms with van der Waals surface area (Å²) in [5, 5.41) is 0. The van der Waals surface area contributed by atoms with Gasteiger partial charge in [-0.1, -0.05) is 35.9 Å². The van der Waals surface area contributed by atoms with Gasteiger partial charge in [0, 0.05) is 12.2 Å². The Labute approximate surface area is 178 Å². The molecule has 0 aliphatic rings. The fourth-order valence-electron chi connectivity index (χ4n) is 3.14. The lowest BCUT2D eigenvalue weighted by Gasteiger charge is -2.18. The second kappa shape index (κ2) is 8.42. The third-order valence-corrected chi connectivity index (χ3v) is 4.50. The molecule has 0 spiro atoms. The van der Waals surface area contributed by atoms with Gasteiger partial charge in [0.15, 0.2) is 0 Å². The third-order valence-electron chi connectivity index (χ3n) is 4.50. The van der Waals surface area contributed by atoms with Crippen LogP contribution in [-0.2, 0) is 12.7 Å². The van der Waals surface area contributed by atoms with Crippen LogP contribution in [-0.4, -0.2) is 10.9 Å². The Hall–Kier alpha value is -3.74. The Balaban J connectivity index is 2.16. The van der Waals surface area contributed by atoms with Gasteiger partial charge in [0.2, 0.25) is 0 Å². The Bertz CT molecular complexity index is 1240. The second-order valence-electron chi connectivity index (χ2n) is 6.85. The predicted octanol–water partition coefficient (Wildman–Crippen LogP) is 6.34. The van der Waals surface area contributed by atoms with Crippen molar-refractivity contribution in [2.45, 2.75) is 26.0 Å². The summed E-state index contributed by atoms with van der Waals surface area (Å²) in [6.07, 6.45) is -9.80. The lowest BCUT2D eigenvalue weighted by atomic mass is 10.0. The summed E-state index contributed by atoms with van der Waals surface area (Å²) >= 11 is 0. The molecule has 0 aliphatic heterocycles. The molecule has 1 heterocycles. The first-order valence-electron chi connectivity index (χ1n) is 9.03. The van der Waals surface area contributed by atoms with E-state index in [4.69, 9.17) is 6.57 Å². The Morgan fingerprint density at radius 1 is 1.00 bits per heavy atom. The van der Waals surface area contributed by atoms with Crippen molar-refractivity contribution < 1.29 is 31.1 Å². The highest BCUT2D eigenvalue weighted by Crippen LogP contribution is 2.37. The number of aromatic nitrogens is 1. The largest absolute Gasteiger partial charge is 0.573 e. The molecule has 0 N–H and O–H groups in total. The van der Waals surface area contributed by atoms with E-state index in [1.54, 1.807) is 25.1 Å². The Kier molecular flexibility index (Phi) is 6.03. The molecule has 0 unspecified atom stereocenters. The zero-order valence-electron chi connectivity index (χ0n) is 16.4. The fourth-order valence-corrected chi connectivity index (χ4v) is 3.14. The Morgan fingerprint density at radius 3 is 2.19 bits per heavy atom. The first-order chi connectivity index (χ1) is 14.9. The fraction of sp³-hybridized carbons (Fsp3) is 0.182. The summed E-state index contributed by atoms with van der Waals surface area (Å²) in [5.74, 6) is -0.484. The Morgan fingerprint density at radius 2 is 1.66 bits per heavy atom. The highest BCUT2D eigenvalue weighted by atomic mass is 19.4. The van der Waals surface area contributed by atoms with E-state index in [0.29, 0.717) is 11.1 Å². The molecule has 166 valence electrons. The first-order valence-corrected chi connectivity index (χ1v) is 9.03. The number of rotatable bonds is 4. The average Bonchev–Trinajstić information content (AvgIpc) is 2.68. The SMILES string of the molecule is [C-]#[N+]c1c(C(F)(F)F)cc(-c2cccc(C)c2)n(Cc2ccc(OC(F)(F)F)cc2)c1=O. The van der Waals surface area contributed by atoms with Crippen molar-refractivity contribution in [1.29, 1.82) is 0 Å². The molecule has 2 aromatic carbocycles. The lowest BCUT2D eigenvalue weighted by Crippen LogP contribution is -2.25. The molecule has 0 saturated heterocycles. The van der Waals surface area contributed by atoms with E-state index in [1.165, 1.54) is 18.2 Å². The van der Waals surface area contributed by atoms with E-state index < -0.39 is 35.1 Å². The molecule has 0 fully saturated rings. The molecule has 3 aromatic rings. The van der Waals surface area contributed by atoms with Gasteiger partial charge in [-0.2, -0.15) is 13.2 Å². The topological polar surface area (TPSA) is 35.6 Å². The van der Waals surface area contributed by atoms with Crippen molar-refractivity contribution in [3.05, 3.63) is 93.1 Å². The van der Waals surface area contributed by atoms with Crippen molar-refractivity contribution in [2.75, 3.05) is 0 Å². The van der Waals surface area contributed by atoms with E-state index in [9.17, 15) is 31.1 Å². The van der Waals surface area contributed by atoms with E-state index in [0.717, 1.165) is 28.3 Å². The van der Waals surface area contributed by atoms with Crippen LogP contribution in [0.3, 0.4) is 0 Å². The smallest absolute Gasteiger partial charge is 0.406 e. The zero-order chi connectivity index (χ0) is 23.7. The third kappa shape index (κ3) is 5.11. The van der Waals surface area contributed by atoms with Crippen molar-refractivity contribution in [1.82, 2.24) is 4.57 Å². The van der Waals surface area contributed by atoms with E-state index in [1.807, 2.05) is 0 Å². The van der Waals surface area contributed by atoms with Crippen molar-refractivity contribution >= 4 is 5.69 Å². The van der Waals surface area contributed by atoms with E-state index >= 15 is 0 Å². The van der Waals surface area contributed by atoms with Gasteiger partial charge in [-0.15, -0.1) is 13.2 Å². The van der Waals surface area contributed by atoms with Gasteiger partial charge in [0.1, 0.15) is 5.75 Å². The monoisotopic (exact) mass is 452 g/mol. The number of ether oxygens (including phenoxy) is 1. The van der Waals surface area contributed by atoms with Crippen LogP contribution in [0.5, 0.6) is 5.75 Å². The van der Waals surface area contributed by atoms with Gasteiger partial charge < -0.3 is 9.30 Å². The summed E-state index contributed by atoms with van der Waals surface area (Å²) in [6, 6.07) is 11.7. The maximum Gasteiger partial charge on any atom is 0.573 e. The van der Waals surface area contributed by atoms with Gasteiger partial charge in [-0.3, -0.25) is 4.79 Å². The number of benzene rings is 2. The van der Waals surface area contributed by atoms with Gasteiger partial charge in [0.05, 0.1) is 12.1 Å². The molecular weight excluding hydrogens is 438 g/mol. The summed E-state index contributed by atoms with van der Waals surface area (Å²) < 4.78 is 82.4. The second-order valence-corrected chi connectivity index (χ2v) is 6.85. The lowest BCUT2D eigenvalue weighted by molar-refractivity contribution is -0.274. The molecule has 0 atom stereocenters. The van der Waals surface area contributed by atoms with Crippen LogP contribution in [0.15, 0.2) is 59.4 Å². The summed E-state index contributed by atoms with van der Waals surface area (Å²) in [5.41, 5.74) is -2.27. The quantitative estimate of drug-likeness (QED) is 0.342. The summed E-state index contributed by atoms with van der Waals surface area (Å²) in [7, 11) is 0. The van der Waals surface area contributed by atoms with Gasteiger partial charge in [-0.25, -0.2) is 4.85 Å². The van der Waals surface area contributed by atoms with Gasteiger partial charge in [-0.05, 0) is 42.3 Å². The molecule has 0 aliphatic carbocycles. The van der Waals surface area contributed by atoms with E-state index in [2.05, 4.69) is 9.58 Å². The normalized spacial score (nSPS) is 11.8. The number of pyridine rings is 1. The van der Waals surface area contributed by atoms with E-state index in [-0.39, 0.29) is 12.2 Å².